The summed E-state index contributed by atoms with van der Waals surface area (Å²) in [5.41, 5.74) is 0. The van der Waals surface area contributed by atoms with Crippen LogP contribution in [0.25, 0.3) is 0 Å². The lowest BCUT2D eigenvalue weighted by molar-refractivity contribution is 0.0897. The van der Waals surface area contributed by atoms with E-state index in [1.807, 2.05) is 26.0 Å². The minimum absolute atomic E-state index is 0.156. The maximum absolute atomic E-state index is 5.85. The Hall–Kier alpha value is -1.29. The summed E-state index contributed by atoms with van der Waals surface area (Å²) >= 11 is 0. The summed E-state index contributed by atoms with van der Waals surface area (Å²) < 4.78 is 11.7. The summed E-state index contributed by atoms with van der Waals surface area (Å²) in [4.78, 5) is 4.42. The third-order valence-corrected chi connectivity index (χ3v) is 3.68. The fraction of sp³-hybridized carbons (Fsp3) is 0.667. The normalized spacial score (nSPS) is 26.7. The molecule has 1 aromatic rings. The van der Waals surface area contributed by atoms with Crippen molar-refractivity contribution in [2.75, 3.05) is 11.9 Å². The third-order valence-electron chi connectivity index (χ3n) is 3.68. The summed E-state index contributed by atoms with van der Waals surface area (Å²) in [6, 6.07) is 4.25. The van der Waals surface area contributed by atoms with Crippen LogP contribution in [0.5, 0.6) is 5.75 Å². The Balaban J connectivity index is 1.71. The molecule has 2 aliphatic rings. The highest BCUT2D eigenvalue weighted by molar-refractivity contribution is 5.50. The highest BCUT2D eigenvalue weighted by Gasteiger charge is 2.40. The van der Waals surface area contributed by atoms with Crippen LogP contribution in [-0.2, 0) is 4.74 Å². The predicted molar refractivity (Wildman–Crippen MR) is 74.5 cm³/mol. The van der Waals surface area contributed by atoms with Gasteiger partial charge in [-0.25, -0.2) is 4.98 Å². The molecular formula is C15H22N2O2. The van der Waals surface area contributed by atoms with Crippen LogP contribution in [0.3, 0.4) is 0 Å². The quantitative estimate of drug-likeness (QED) is 0.886. The van der Waals surface area contributed by atoms with Crippen molar-refractivity contribution < 1.29 is 9.47 Å². The Morgan fingerprint density at radius 3 is 2.95 bits per heavy atom. The van der Waals surface area contributed by atoms with E-state index in [9.17, 15) is 0 Å². The van der Waals surface area contributed by atoms with Gasteiger partial charge in [0.05, 0.1) is 18.2 Å². The average molecular weight is 262 g/mol. The fourth-order valence-electron chi connectivity index (χ4n) is 2.68. The Labute approximate surface area is 114 Å². The minimum atomic E-state index is 0.156. The number of nitrogens with one attached hydrogen (secondary N) is 1. The number of anilines is 1. The molecule has 1 N–H and O–H groups in total. The molecule has 2 atom stereocenters. The molecule has 0 bridgehead atoms. The molecule has 1 aliphatic carbocycles. The maximum Gasteiger partial charge on any atom is 0.169 e. The summed E-state index contributed by atoms with van der Waals surface area (Å²) in [6.07, 6.45) is 5.98. The zero-order valence-corrected chi connectivity index (χ0v) is 11.6. The maximum atomic E-state index is 5.85. The van der Waals surface area contributed by atoms with Gasteiger partial charge in [-0.3, -0.25) is 0 Å². The second-order valence-electron chi connectivity index (χ2n) is 5.73. The lowest BCUT2D eigenvalue weighted by atomic mass is 10.1. The molecule has 1 aromatic heterocycles. The lowest BCUT2D eigenvalue weighted by Crippen LogP contribution is -2.31. The van der Waals surface area contributed by atoms with Crippen molar-refractivity contribution in [2.24, 2.45) is 5.92 Å². The minimum Gasteiger partial charge on any atom is -0.487 e. The predicted octanol–water partition coefficient (Wildman–Crippen LogP) is 2.85. The molecule has 2 fully saturated rings. The largest absolute Gasteiger partial charge is 0.487 e. The standard InChI is InChI=1S/C15H22N2O2/c1-10(2)19-13-4-3-8-16-15(13)17-12-7-9-18-14(12)11-5-6-11/h3-4,8,10-12,14H,5-7,9H2,1-2H3,(H,16,17). The molecule has 0 amide bonds. The van der Waals surface area contributed by atoms with Gasteiger partial charge in [-0.1, -0.05) is 0 Å². The van der Waals surface area contributed by atoms with Gasteiger partial charge in [-0.05, 0) is 51.2 Å². The van der Waals surface area contributed by atoms with Crippen LogP contribution in [0.15, 0.2) is 18.3 Å². The van der Waals surface area contributed by atoms with Crippen molar-refractivity contribution in [1.29, 1.82) is 0 Å². The monoisotopic (exact) mass is 262 g/mol. The highest BCUT2D eigenvalue weighted by atomic mass is 16.5. The number of nitrogens with zero attached hydrogens (tertiary/aromatic N) is 1. The van der Waals surface area contributed by atoms with Crippen LogP contribution in [0, 0.1) is 5.92 Å². The molecule has 104 valence electrons. The molecule has 1 saturated carbocycles. The van der Waals surface area contributed by atoms with Gasteiger partial charge < -0.3 is 14.8 Å². The van der Waals surface area contributed by atoms with E-state index in [4.69, 9.17) is 9.47 Å². The van der Waals surface area contributed by atoms with Gasteiger partial charge in [0.15, 0.2) is 11.6 Å². The van der Waals surface area contributed by atoms with Gasteiger partial charge in [0.25, 0.3) is 0 Å². The fourth-order valence-corrected chi connectivity index (χ4v) is 2.68. The van der Waals surface area contributed by atoms with Crippen molar-refractivity contribution >= 4 is 5.82 Å². The van der Waals surface area contributed by atoms with E-state index < -0.39 is 0 Å². The Morgan fingerprint density at radius 2 is 2.21 bits per heavy atom. The second kappa shape index (κ2) is 5.37. The van der Waals surface area contributed by atoms with Gasteiger partial charge in [-0.2, -0.15) is 0 Å². The van der Waals surface area contributed by atoms with Gasteiger partial charge in [0, 0.05) is 12.8 Å². The van der Waals surface area contributed by atoms with E-state index in [2.05, 4.69) is 10.3 Å². The van der Waals surface area contributed by atoms with E-state index in [1.165, 1.54) is 12.8 Å². The topological polar surface area (TPSA) is 43.4 Å². The van der Waals surface area contributed by atoms with E-state index in [0.29, 0.717) is 12.1 Å². The highest BCUT2D eigenvalue weighted by Crippen LogP contribution is 2.40. The summed E-state index contributed by atoms with van der Waals surface area (Å²) in [7, 11) is 0. The molecule has 0 spiro atoms. The van der Waals surface area contributed by atoms with Gasteiger partial charge in [0.1, 0.15) is 0 Å². The lowest BCUT2D eigenvalue weighted by Gasteiger charge is -2.22. The number of aromatic nitrogens is 1. The number of pyridine rings is 1. The summed E-state index contributed by atoms with van der Waals surface area (Å²) in [5, 5.41) is 3.53. The smallest absolute Gasteiger partial charge is 0.169 e. The van der Waals surface area contributed by atoms with Gasteiger partial charge in [-0.15, -0.1) is 0 Å². The molecule has 19 heavy (non-hydrogen) atoms. The van der Waals surface area contributed by atoms with Crippen LogP contribution >= 0.6 is 0 Å². The molecule has 2 heterocycles. The van der Waals surface area contributed by atoms with Crippen molar-refractivity contribution in [2.45, 2.75) is 51.4 Å². The van der Waals surface area contributed by atoms with E-state index in [1.54, 1.807) is 6.20 Å². The Morgan fingerprint density at radius 1 is 1.37 bits per heavy atom. The van der Waals surface area contributed by atoms with E-state index in [0.717, 1.165) is 30.5 Å². The van der Waals surface area contributed by atoms with E-state index in [-0.39, 0.29) is 6.10 Å². The van der Waals surface area contributed by atoms with Crippen LogP contribution in [0.4, 0.5) is 5.82 Å². The number of hydrogen-bond donors (Lipinski definition) is 1. The third kappa shape index (κ3) is 3.00. The Kier molecular flexibility index (Phi) is 3.60. The second-order valence-corrected chi connectivity index (χ2v) is 5.73. The summed E-state index contributed by atoms with van der Waals surface area (Å²) in [6.45, 7) is 4.91. The first-order valence-electron chi connectivity index (χ1n) is 7.24. The zero-order chi connectivity index (χ0) is 13.2. The molecule has 1 aliphatic heterocycles. The molecule has 0 aromatic carbocycles. The molecule has 4 nitrogen and oxygen atoms in total. The van der Waals surface area contributed by atoms with Crippen molar-refractivity contribution in [3.05, 3.63) is 18.3 Å². The molecule has 0 radical (unpaired) electrons. The summed E-state index contributed by atoms with van der Waals surface area (Å²) in [5.74, 6) is 2.43. The van der Waals surface area contributed by atoms with Crippen molar-refractivity contribution in [3.8, 4) is 5.75 Å². The zero-order valence-electron chi connectivity index (χ0n) is 11.6. The SMILES string of the molecule is CC(C)Oc1cccnc1NC1CCOC1C1CC1. The molecule has 2 unspecified atom stereocenters. The van der Waals surface area contributed by atoms with E-state index >= 15 is 0 Å². The van der Waals surface area contributed by atoms with Crippen LogP contribution < -0.4 is 10.1 Å². The van der Waals surface area contributed by atoms with Gasteiger partial charge >= 0.3 is 0 Å². The van der Waals surface area contributed by atoms with Crippen LogP contribution in [-0.4, -0.2) is 29.8 Å². The first kappa shape index (κ1) is 12.7. The average Bonchev–Trinajstić information content (AvgIpc) is 3.12. The van der Waals surface area contributed by atoms with Crippen molar-refractivity contribution in [3.63, 3.8) is 0 Å². The molecular weight excluding hydrogens is 240 g/mol. The number of ether oxygens (including phenoxy) is 2. The van der Waals surface area contributed by atoms with Crippen LogP contribution in [0.1, 0.15) is 33.1 Å². The van der Waals surface area contributed by atoms with Crippen molar-refractivity contribution in [1.82, 2.24) is 4.98 Å². The first-order valence-corrected chi connectivity index (χ1v) is 7.24. The number of rotatable bonds is 5. The molecule has 3 rings (SSSR count). The number of hydrogen-bond acceptors (Lipinski definition) is 4. The molecule has 4 heteroatoms. The van der Waals surface area contributed by atoms with Gasteiger partial charge in [0.2, 0.25) is 0 Å². The Bertz CT molecular complexity index is 432. The first-order chi connectivity index (χ1) is 9.24. The van der Waals surface area contributed by atoms with Crippen LogP contribution in [0.2, 0.25) is 0 Å². The molecule has 1 saturated heterocycles.